The molecule has 0 unspecified atom stereocenters. The molecular weight excluding hydrogens is 604 g/mol. The van der Waals surface area contributed by atoms with E-state index in [0.717, 1.165) is 9.64 Å². The number of hydrogen-bond acceptors (Lipinski definition) is 7. The van der Waals surface area contributed by atoms with Gasteiger partial charge in [0.05, 0.1) is 5.69 Å². The van der Waals surface area contributed by atoms with Gasteiger partial charge in [0, 0.05) is 26.9 Å². The molecule has 0 aliphatic rings. The maximum Gasteiger partial charge on any atom is 0.420 e. The van der Waals surface area contributed by atoms with Gasteiger partial charge in [-0.25, -0.2) is 27.2 Å². The third-order valence-corrected chi connectivity index (χ3v) is 6.48. The summed E-state index contributed by atoms with van der Waals surface area (Å²) in [6, 6.07) is 5.66. The van der Waals surface area contributed by atoms with Crippen molar-refractivity contribution in [2.75, 3.05) is 10.5 Å². The van der Waals surface area contributed by atoms with Crippen molar-refractivity contribution in [3.63, 3.8) is 0 Å². The number of ether oxygens (including phenoxy) is 2. The van der Waals surface area contributed by atoms with Crippen LogP contribution in [0.15, 0.2) is 36.7 Å². The van der Waals surface area contributed by atoms with E-state index in [9.17, 15) is 22.4 Å². The number of carbonyl (C=O) groups excluding carboxylic acids is 2. The fraction of sp³-hybridized carbons (Fsp3) is 0.375. The molecule has 3 rings (SSSR count). The first-order valence-electron chi connectivity index (χ1n) is 10.9. The Bertz CT molecular complexity index is 1440. The second kappa shape index (κ2) is 9.96. The third kappa shape index (κ3) is 7.15. The molecule has 0 spiro atoms. The van der Waals surface area contributed by atoms with Crippen LogP contribution in [0.2, 0.25) is 0 Å². The topological polar surface area (TPSA) is 117 Å². The highest BCUT2D eigenvalue weighted by Crippen LogP contribution is 2.30. The van der Waals surface area contributed by atoms with Crippen molar-refractivity contribution in [2.45, 2.75) is 52.7 Å². The van der Waals surface area contributed by atoms with Gasteiger partial charge in [-0.05, 0) is 87.9 Å². The van der Waals surface area contributed by atoms with E-state index in [2.05, 4.69) is 32.3 Å². The third-order valence-electron chi connectivity index (χ3n) is 4.48. The van der Waals surface area contributed by atoms with Crippen molar-refractivity contribution < 1.29 is 31.9 Å². The molecular formula is C24H27FIN3O6S. The van der Waals surface area contributed by atoms with Crippen LogP contribution >= 0.6 is 22.6 Å². The molecule has 0 aliphatic carbocycles. The number of esters is 1. The number of rotatable bonds is 5. The molecule has 1 aromatic carbocycles. The van der Waals surface area contributed by atoms with Gasteiger partial charge < -0.3 is 9.47 Å². The van der Waals surface area contributed by atoms with Crippen LogP contribution in [0.25, 0.3) is 22.2 Å². The summed E-state index contributed by atoms with van der Waals surface area (Å²) in [6.45, 7) is 10.1. The van der Waals surface area contributed by atoms with Crippen molar-refractivity contribution in [3.05, 3.63) is 46.0 Å². The highest BCUT2D eigenvalue weighted by molar-refractivity contribution is 14.1. The lowest BCUT2D eigenvalue weighted by Crippen LogP contribution is -2.31. The summed E-state index contributed by atoms with van der Waals surface area (Å²) in [7, 11) is -4.23. The van der Waals surface area contributed by atoms with Crippen molar-refractivity contribution in [3.8, 4) is 11.1 Å². The van der Waals surface area contributed by atoms with E-state index in [-0.39, 0.29) is 5.69 Å². The van der Waals surface area contributed by atoms with Gasteiger partial charge in [0.25, 0.3) is 0 Å². The van der Waals surface area contributed by atoms with Gasteiger partial charge in [0.2, 0.25) is 10.0 Å². The number of hydrogen-bond donors (Lipinski definition) is 1. The monoisotopic (exact) mass is 631 g/mol. The van der Waals surface area contributed by atoms with Crippen molar-refractivity contribution >= 4 is 61.4 Å². The standard InChI is InChI=1S/C24H27FIN3O6S/c1-23(2,3)34-20(30)13-36(32,33)28-19-10-14(7-8-17(19)25)15-9-16-18(26)12-29(21(16)27-11-15)22(31)35-24(4,5)6/h7-12,28H,13H2,1-6H3. The lowest BCUT2D eigenvalue weighted by Gasteiger charge is -2.19. The van der Waals surface area contributed by atoms with Gasteiger partial charge in [-0.1, -0.05) is 6.07 Å². The number of anilines is 1. The quantitative estimate of drug-likeness (QED) is 0.300. The zero-order valence-electron chi connectivity index (χ0n) is 20.7. The van der Waals surface area contributed by atoms with Crippen LogP contribution in [-0.2, 0) is 24.3 Å². The summed E-state index contributed by atoms with van der Waals surface area (Å²) in [5.41, 5.74) is -0.435. The highest BCUT2D eigenvalue weighted by Gasteiger charge is 2.24. The van der Waals surface area contributed by atoms with Gasteiger partial charge in [-0.3, -0.25) is 9.52 Å². The first-order chi connectivity index (χ1) is 16.4. The SMILES string of the molecule is CC(C)(C)OC(=O)CS(=O)(=O)Nc1cc(-c2cnc3c(c2)c(I)cn3C(=O)OC(C)(C)C)ccc1F. The Kier molecular flexibility index (Phi) is 7.70. The van der Waals surface area contributed by atoms with Crippen LogP contribution in [0.4, 0.5) is 14.9 Å². The zero-order valence-corrected chi connectivity index (χ0v) is 23.7. The number of sulfonamides is 1. The Balaban J connectivity index is 1.91. The Morgan fingerprint density at radius 3 is 2.31 bits per heavy atom. The molecule has 0 saturated heterocycles. The Hall–Kier alpha value is -2.74. The van der Waals surface area contributed by atoms with E-state index in [1.165, 1.54) is 22.9 Å². The van der Waals surface area contributed by atoms with Gasteiger partial charge in [-0.15, -0.1) is 0 Å². The van der Waals surface area contributed by atoms with Crippen LogP contribution in [0.3, 0.4) is 0 Å². The Labute approximate surface area is 222 Å². The molecule has 1 N–H and O–H groups in total. The average molecular weight is 631 g/mol. The summed E-state index contributed by atoms with van der Waals surface area (Å²) >= 11 is 2.07. The molecule has 0 radical (unpaired) electrons. The van der Waals surface area contributed by atoms with Gasteiger partial charge in [0.1, 0.15) is 17.0 Å². The van der Waals surface area contributed by atoms with E-state index in [1.54, 1.807) is 53.8 Å². The van der Waals surface area contributed by atoms with E-state index in [1.807, 2.05) is 0 Å². The molecule has 194 valence electrons. The number of halogens is 2. The van der Waals surface area contributed by atoms with Crippen LogP contribution in [-0.4, -0.2) is 47.0 Å². The molecule has 12 heteroatoms. The van der Waals surface area contributed by atoms with Crippen molar-refractivity contribution in [1.29, 1.82) is 0 Å². The molecule has 2 heterocycles. The molecule has 3 aromatic rings. The minimum absolute atomic E-state index is 0.322. The molecule has 0 fully saturated rings. The molecule has 0 amide bonds. The highest BCUT2D eigenvalue weighted by atomic mass is 127. The molecule has 0 bridgehead atoms. The fourth-order valence-corrected chi connectivity index (χ4v) is 4.80. The number of benzene rings is 1. The number of pyridine rings is 1. The molecule has 9 nitrogen and oxygen atoms in total. The largest absolute Gasteiger partial charge is 0.459 e. The first-order valence-corrected chi connectivity index (χ1v) is 13.6. The van der Waals surface area contributed by atoms with Crippen LogP contribution in [0.1, 0.15) is 41.5 Å². The number of fused-ring (bicyclic) bond motifs is 1. The van der Waals surface area contributed by atoms with Crippen LogP contribution in [0, 0.1) is 9.39 Å². The maximum absolute atomic E-state index is 14.5. The van der Waals surface area contributed by atoms with Crippen LogP contribution < -0.4 is 4.72 Å². The van der Waals surface area contributed by atoms with Gasteiger partial charge in [0.15, 0.2) is 11.4 Å². The lowest BCUT2D eigenvalue weighted by atomic mass is 10.1. The second-order valence-corrected chi connectivity index (χ2v) is 12.9. The number of aromatic nitrogens is 2. The normalized spacial score (nSPS) is 12.4. The molecule has 0 atom stereocenters. The lowest BCUT2D eigenvalue weighted by molar-refractivity contribution is -0.151. The smallest absolute Gasteiger partial charge is 0.420 e. The summed E-state index contributed by atoms with van der Waals surface area (Å²) in [4.78, 5) is 28.9. The first kappa shape index (κ1) is 27.8. The molecule has 0 aliphatic heterocycles. The summed E-state index contributed by atoms with van der Waals surface area (Å²) in [5.74, 6) is -2.73. The average Bonchev–Trinajstić information content (AvgIpc) is 3.02. The molecule has 36 heavy (non-hydrogen) atoms. The summed E-state index contributed by atoms with van der Waals surface area (Å²) in [6.07, 6.45) is 2.53. The summed E-state index contributed by atoms with van der Waals surface area (Å²) in [5, 5.41) is 0.662. The predicted molar refractivity (Wildman–Crippen MR) is 143 cm³/mol. The van der Waals surface area contributed by atoms with E-state index in [0.29, 0.717) is 22.2 Å². The minimum Gasteiger partial charge on any atom is -0.459 e. The van der Waals surface area contributed by atoms with E-state index in [4.69, 9.17) is 9.47 Å². The zero-order chi connectivity index (χ0) is 27.1. The van der Waals surface area contributed by atoms with Gasteiger partial charge in [-0.2, -0.15) is 0 Å². The fourth-order valence-electron chi connectivity index (χ4n) is 3.19. The Morgan fingerprint density at radius 2 is 1.69 bits per heavy atom. The molecule has 2 aromatic heterocycles. The second-order valence-electron chi connectivity index (χ2n) is 10.1. The van der Waals surface area contributed by atoms with Crippen molar-refractivity contribution in [2.24, 2.45) is 0 Å². The minimum atomic E-state index is -4.23. The maximum atomic E-state index is 14.5. The summed E-state index contributed by atoms with van der Waals surface area (Å²) < 4.78 is 54.0. The number of nitrogens with zero attached hydrogens (tertiary/aromatic N) is 2. The number of nitrogens with one attached hydrogen (secondary N) is 1. The Morgan fingerprint density at radius 1 is 1.06 bits per heavy atom. The molecule has 0 saturated carbocycles. The van der Waals surface area contributed by atoms with E-state index < -0.39 is 44.9 Å². The predicted octanol–water partition coefficient (Wildman–Crippen LogP) is 5.31. The van der Waals surface area contributed by atoms with Crippen molar-refractivity contribution in [1.82, 2.24) is 9.55 Å². The van der Waals surface area contributed by atoms with E-state index >= 15 is 0 Å². The van der Waals surface area contributed by atoms with Gasteiger partial charge >= 0.3 is 12.1 Å². The van der Waals surface area contributed by atoms with Crippen LogP contribution in [0.5, 0.6) is 0 Å². The number of carbonyl (C=O) groups is 2.